The Bertz CT molecular complexity index is 4300. The lowest BCUT2D eigenvalue weighted by Crippen LogP contribution is -2.61. The first kappa shape index (κ1) is 44.4. The number of ether oxygens (including phenoxy) is 2. The molecule has 3 aliphatic heterocycles. The van der Waals surface area contributed by atoms with Crippen LogP contribution < -0.4 is 35.7 Å². The van der Waals surface area contributed by atoms with Crippen LogP contribution in [-0.4, -0.2) is 19.9 Å². The molecule has 75 heavy (non-hydrogen) atoms. The van der Waals surface area contributed by atoms with Crippen LogP contribution in [0.15, 0.2) is 200 Å². The van der Waals surface area contributed by atoms with Crippen LogP contribution in [-0.2, 0) is 5.41 Å². The third-order valence-corrected chi connectivity index (χ3v) is 18.1. The number of aryl methyl sites for hydroxylation is 1. The van der Waals surface area contributed by atoms with Gasteiger partial charge in [-0.25, -0.2) is 0 Å². The van der Waals surface area contributed by atoms with Crippen molar-refractivity contribution in [3.63, 3.8) is 0 Å². The van der Waals surface area contributed by atoms with Crippen molar-refractivity contribution in [3.05, 3.63) is 211 Å². The Kier molecular flexibility index (Phi) is 10.0. The molecule has 0 saturated carbocycles. The summed E-state index contributed by atoms with van der Waals surface area (Å²) in [6, 6.07) is 75.3. The summed E-state index contributed by atoms with van der Waals surface area (Å²) >= 11 is 3.74. The van der Waals surface area contributed by atoms with E-state index < -0.39 is 0 Å². The minimum atomic E-state index is -0.125. The molecular formula is C68H51BN2O2S2. The van der Waals surface area contributed by atoms with Crippen LogP contribution in [0.3, 0.4) is 0 Å². The minimum absolute atomic E-state index is 0.0617. The molecule has 15 rings (SSSR count). The lowest BCUT2D eigenvalue weighted by atomic mass is 9.33. The predicted molar refractivity (Wildman–Crippen MR) is 322 cm³/mol. The van der Waals surface area contributed by atoms with Gasteiger partial charge in [0.05, 0.1) is 24.6 Å². The van der Waals surface area contributed by atoms with Gasteiger partial charge in [0.1, 0.15) is 0 Å². The largest absolute Gasteiger partial charge is 0.489 e. The van der Waals surface area contributed by atoms with E-state index in [2.05, 4.69) is 238 Å². The van der Waals surface area contributed by atoms with Crippen LogP contribution in [0.5, 0.6) is 11.5 Å². The van der Waals surface area contributed by atoms with Crippen molar-refractivity contribution in [1.82, 2.24) is 0 Å². The predicted octanol–water partition coefficient (Wildman–Crippen LogP) is 17.3. The highest BCUT2D eigenvalue weighted by molar-refractivity contribution is 7.26. The second-order valence-electron chi connectivity index (χ2n) is 21.5. The molecule has 12 aromatic rings. The first-order chi connectivity index (χ1) is 36.7. The van der Waals surface area contributed by atoms with E-state index in [1.807, 2.05) is 22.7 Å². The normalized spacial score (nSPS) is 13.8. The first-order valence-electron chi connectivity index (χ1n) is 26.2. The lowest BCUT2D eigenvalue weighted by molar-refractivity contribution is 0.297. The summed E-state index contributed by atoms with van der Waals surface area (Å²) in [7, 11) is 0. The van der Waals surface area contributed by atoms with Crippen LogP contribution in [0.4, 0.5) is 34.1 Å². The van der Waals surface area contributed by atoms with Crippen molar-refractivity contribution in [3.8, 4) is 44.9 Å². The Hall–Kier alpha value is -8.10. The molecule has 10 aromatic carbocycles. The number of nitrogens with zero attached hydrogens (tertiary/aromatic N) is 2. The molecule has 0 atom stereocenters. The maximum atomic E-state index is 6.96. The first-order valence-corrected chi connectivity index (χ1v) is 27.8. The molecule has 0 bridgehead atoms. The number of hydrogen-bond acceptors (Lipinski definition) is 6. The quantitative estimate of drug-likeness (QED) is 0.160. The molecule has 0 fully saturated rings. The van der Waals surface area contributed by atoms with Crippen LogP contribution in [0, 0.1) is 6.92 Å². The molecule has 0 radical (unpaired) electrons. The third kappa shape index (κ3) is 7.09. The summed E-state index contributed by atoms with van der Waals surface area (Å²) < 4.78 is 18.8. The van der Waals surface area contributed by atoms with Crippen LogP contribution in [0.2, 0.25) is 0 Å². The monoisotopic (exact) mass is 1000 g/mol. The lowest BCUT2D eigenvalue weighted by Gasteiger charge is -2.45. The SMILES string of the molecule is Cc1cc2c3c(c1)N(c1ccc(C(C)(C)C)cc1-c1ccccc1)c1c(ccc4c1OCCCO4)B3c1cc(-c3ccc4c(c3)sc3ccccc34)ccc1N2c1ccc(-c2ccc3c(c2)sc2ccccc23)cc1. The molecule has 0 spiro atoms. The van der Waals surface area contributed by atoms with Gasteiger partial charge in [-0.1, -0.05) is 148 Å². The number of hydrogen-bond donors (Lipinski definition) is 0. The van der Waals surface area contributed by atoms with E-state index in [1.165, 1.54) is 113 Å². The topological polar surface area (TPSA) is 24.9 Å². The number of thiophene rings is 2. The van der Waals surface area contributed by atoms with Gasteiger partial charge in [0.15, 0.2) is 11.5 Å². The summed E-state index contributed by atoms with van der Waals surface area (Å²) in [5, 5.41) is 5.25. The van der Waals surface area contributed by atoms with E-state index in [0.29, 0.717) is 13.2 Å². The minimum Gasteiger partial charge on any atom is -0.489 e. The molecule has 0 amide bonds. The fraction of sp³-hybridized carbons (Fsp3) is 0.118. The Morgan fingerprint density at radius 2 is 1.04 bits per heavy atom. The van der Waals surface area contributed by atoms with Gasteiger partial charge in [0, 0.05) is 75.1 Å². The molecule has 0 saturated heterocycles. The van der Waals surface area contributed by atoms with Crippen LogP contribution >= 0.6 is 22.7 Å². The van der Waals surface area contributed by atoms with Crippen molar-refractivity contribution < 1.29 is 9.47 Å². The van der Waals surface area contributed by atoms with E-state index in [9.17, 15) is 0 Å². The summed E-state index contributed by atoms with van der Waals surface area (Å²) in [4.78, 5) is 5.05. The van der Waals surface area contributed by atoms with Gasteiger partial charge in [0.25, 0.3) is 6.71 Å². The summed E-state index contributed by atoms with van der Waals surface area (Å²) in [6.07, 6.45) is 0.812. The van der Waals surface area contributed by atoms with Gasteiger partial charge in [-0.15, -0.1) is 22.7 Å². The van der Waals surface area contributed by atoms with Gasteiger partial charge < -0.3 is 19.3 Å². The van der Waals surface area contributed by atoms with E-state index in [4.69, 9.17) is 9.47 Å². The summed E-state index contributed by atoms with van der Waals surface area (Å²) in [6.45, 7) is 10.2. The molecule has 0 aliphatic carbocycles. The average Bonchev–Trinajstić information content (AvgIpc) is 3.90. The van der Waals surface area contributed by atoms with Gasteiger partial charge >= 0.3 is 0 Å². The molecular weight excluding hydrogens is 952 g/mol. The molecule has 0 unspecified atom stereocenters. The van der Waals surface area contributed by atoms with Crippen molar-refractivity contribution in [2.24, 2.45) is 0 Å². The van der Waals surface area contributed by atoms with Gasteiger partial charge in [-0.3, -0.25) is 0 Å². The fourth-order valence-corrected chi connectivity index (χ4v) is 14.5. The zero-order valence-corrected chi connectivity index (χ0v) is 43.9. The fourth-order valence-electron chi connectivity index (χ4n) is 12.2. The molecule has 7 heteroatoms. The van der Waals surface area contributed by atoms with E-state index in [0.717, 1.165) is 40.7 Å². The Morgan fingerprint density at radius 3 is 1.75 bits per heavy atom. The summed E-state index contributed by atoms with van der Waals surface area (Å²) in [5.74, 6) is 1.59. The van der Waals surface area contributed by atoms with Crippen molar-refractivity contribution in [2.75, 3.05) is 23.0 Å². The molecule has 2 aromatic heterocycles. The molecule has 3 aliphatic rings. The zero-order chi connectivity index (χ0) is 50.1. The number of benzene rings is 10. The van der Waals surface area contributed by atoms with Gasteiger partial charge in [-0.2, -0.15) is 0 Å². The van der Waals surface area contributed by atoms with E-state index in [1.54, 1.807) is 0 Å². The molecule has 0 N–H and O–H groups in total. The second-order valence-corrected chi connectivity index (χ2v) is 23.7. The number of anilines is 6. The molecule has 4 nitrogen and oxygen atoms in total. The van der Waals surface area contributed by atoms with Crippen molar-refractivity contribution in [2.45, 2.75) is 39.5 Å². The number of rotatable bonds is 5. The smallest absolute Gasteiger partial charge is 0.252 e. The maximum Gasteiger partial charge on any atom is 0.252 e. The second kappa shape index (κ2) is 17.0. The van der Waals surface area contributed by atoms with E-state index in [-0.39, 0.29) is 12.1 Å². The van der Waals surface area contributed by atoms with E-state index >= 15 is 0 Å². The van der Waals surface area contributed by atoms with Gasteiger partial charge in [-0.05, 0) is 140 Å². The highest BCUT2D eigenvalue weighted by Gasteiger charge is 2.46. The molecule has 5 heterocycles. The standard InChI is InChI=1S/C68H51BN2O2S2/c1-41-35-58-65-59(36-41)71(56-31-24-47(68(2,3)4)40-53(56)43-13-6-5-7-14-43)66-54(29-32-60-67(66)73-34-12-33-72-60)69(65)55-37-44(46-22-28-52-50-16-9-11-18-62(50)75-64(52)39-46)23-30-57(55)70(58)48-25-19-42(20-26-48)45-21-27-51-49-15-8-10-17-61(49)74-63(51)38-45/h5-11,13-32,35-40H,12,33-34H2,1-4H3. The Labute approximate surface area is 445 Å². The molecule has 360 valence electrons. The zero-order valence-electron chi connectivity index (χ0n) is 42.3. The Balaban J connectivity index is 0.973. The average molecular weight is 1000 g/mol. The van der Waals surface area contributed by atoms with Gasteiger partial charge in [0.2, 0.25) is 0 Å². The third-order valence-electron chi connectivity index (χ3n) is 15.8. The van der Waals surface area contributed by atoms with Crippen molar-refractivity contribution in [1.29, 1.82) is 0 Å². The Morgan fingerprint density at radius 1 is 0.453 bits per heavy atom. The van der Waals surface area contributed by atoms with Crippen LogP contribution in [0.1, 0.15) is 38.3 Å². The number of fused-ring (bicyclic) bond motifs is 12. The van der Waals surface area contributed by atoms with Crippen molar-refractivity contribution >= 4 is 120 Å². The highest BCUT2D eigenvalue weighted by atomic mass is 32.1. The summed E-state index contributed by atoms with van der Waals surface area (Å²) in [5.41, 5.74) is 20.0. The van der Waals surface area contributed by atoms with Crippen LogP contribution in [0.25, 0.3) is 73.7 Å². The maximum absolute atomic E-state index is 6.96. The highest BCUT2D eigenvalue weighted by Crippen LogP contribution is 2.53.